The predicted molar refractivity (Wildman–Crippen MR) is 105 cm³/mol. The highest BCUT2D eigenvalue weighted by Crippen LogP contribution is 2.22. The first-order valence-corrected chi connectivity index (χ1v) is 9.13. The van der Waals surface area contributed by atoms with Gasteiger partial charge >= 0.3 is 0 Å². The largest absolute Gasteiger partial charge is 0.492 e. The van der Waals surface area contributed by atoms with Gasteiger partial charge in [0.15, 0.2) is 6.10 Å². The highest BCUT2D eigenvalue weighted by molar-refractivity contribution is 5.81. The fourth-order valence-corrected chi connectivity index (χ4v) is 2.59. The molecule has 0 spiro atoms. The van der Waals surface area contributed by atoms with Crippen molar-refractivity contribution in [2.75, 3.05) is 13.2 Å². The van der Waals surface area contributed by atoms with Crippen molar-refractivity contribution in [1.82, 2.24) is 5.32 Å². The van der Waals surface area contributed by atoms with Crippen LogP contribution in [0.15, 0.2) is 36.4 Å². The monoisotopic (exact) mass is 355 g/mol. The Hall–Kier alpha value is -2.49. The molecule has 0 saturated heterocycles. The molecule has 1 N–H and O–H groups in total. The van der Waals surface area contributed by atoms with Gasteiger partial charge in [-0.3, -0.25) is 4.79 Å². The van der Waals surface area contributed by atoms with E-state index in [1.54, 1.807) is 0 Å². The summed E-state index contributed by atoms with van der Waals surface area (Å²) in [5.41, 5.74) is 4.65. The summed E-state index contributed by atoms with van der Waals surface area (Å²) in [5.74, 6) is 1.47. The van der Waals surface area contributed by atoms with E-state index in [1.807, 2.05) is 57.2 Å². The lowest BCUT2D eigenvalue weighted by atomic mass is 10.1. The van der Waals surface area contributed by atoms with Crippen LogP contribution in [0.4, 0.5) is 0 Å². The van der Waals surface area contributed by atoms with Gasteiger partial charge in [0.1, 0.15) is 18.1 Å². The molecule has 0 heterocycles. The SMILES string of the molecule is CC[C@H](Oc1cccc(C)c1C)C(=O)NCCOc1ccc(C)c(C)c1. The average Bonchev–Trinajstić information content (AvgIpc) is 2.62. The van der Waals surface area contributed by atoms with Crippen molar-refractivity contribution in [3.8, 4) is 11.5 Å². The number of carbonyl (C=O) groups is 1. The Labute approximate surface area is 156 Å². The molecule has 4 nitrogen and oxygen atoms in total. The Kier molecular flexibility index (Phi) is 7.07. The van der Waals surface area contributed by atoms with Crippen LogP contribution >= 0.6 is 0 Å². The summed E-state index contributed by atoms with van der Waals surface area (Å²) in [5, 5.41) is 2.90. The van der Waals surface area contributed by atoms with Gasteiger partial charge in [0.05, 0.1) is 6.54 Å². The molecule has 0 radical (unpaired) electrons. The molecule has 1 atom stereocenters. The van der Waals surface area contributed by atoms with Crippen LogP contribution in [0, 0.1) is 27.7 Å². The Morgan fingerprint density at radius 3 is 2.50 bits per heavy atom. The molecule has 26 heavy (non-hydrogen) atoms. The zero-order valence-corrected chi connectivity index (χ0v) is 16.4. The number of carbonyl (C=O) groups excluding carboxylic acids is 1. The van der Waals surface area contributed by atoms with E-state index in [0.717, 1.165) is 22.6 Å². The molecule has 2 aromatic rings. The van der Waals surface area contributed by atoms with Gasteiger partial charge < -0.3 is 14.8 Å². The number of benzene rings is 2. The van der Waals surface area contributed by atoms with E-state index in [2.05, 4.69) is 19.2 Å². The number of hydrogen-bond acceptors (Lipinski definition) is 3. The lowest BCUT2D eigenvalue weighted by molar-refractivity contribution is -0.128. The Morgan fingerprint density at radius 1 is 1.04 bits per heavy atom. The third-order valence-corrected chi connectivity index (χ3v) is 4.64. The van der Waals surface area contributed by atoms with Crippen LogP contribution < -0.4 is 14.8 Å². The van der Waals surface area contributed by atoms with E-state index in [9.17, 15) is 4.79 Å². The molecule has 0 aliphatic heterocycles. The predicted octanol–water partition coefficient (Wildman–Crippen LogP) is 4.27. The third kappa shape index (κ3) is 5.25. The summed E-state index contributed by atoms with van der Waals surface area (Å²) in [6, 6.07) is 11.9. The smallest absolute Gasteiger partial charge is 0.261 e. The quantitative estimate of drug-likeness (QED) is 0.719. The van der Waals surface area contributed by atoms with Gasteiger partial charge in [-0.2, -0.15) is 0 Å². The molecule has 0 bridgehead atoms. The van der Waals surface area contributed by atoms with E-state index >= 15 is 0 Å². The van der Waals surface area contributed by atoms with Crippen LogP contribution in [0.3, 0.4) is 0 Å². The number of nitrogens with one attached hydrogen (secondary N) is 1. The number of amides is 1. The minimum absolute atomic E-state index is 0.114. The molecule has 0 saturated carbocycles. The summed E-state index contributed by atoms with van der Waals surface area (Å²) >= 11 is 0. The van der Waals surface area contributed by atoms with E-state index < -0.39 is 6.10 Å². The molecule has 0 aromatic heterocycles. The summed E-state index contributed by atoms with van der Waals surface area (Å²) in [6.45, 7) is 11.0. The van der Waals surface area contributed by atoms with Crippen molar-refractivity contribution >= 4 is 5.91 Å². The molecule has 0 unspecified atom stereocenters. The molecule has 0 aliphatic rings. The van der Waals surface area contributed by atoms with Crippen LogP contribution in [0.5, 0.6) is 11.5 Å². The first-order chi connectivity index (χ1) is 12.4. The normalized spacial score (nSPS) is 11.7. The first kappa shape index (κ1) is 19.8. The van der Waals surface area contributed by atoms with Gasteiger partial charge in [-0.25, -0.2) is 0 Å². The molecule has 4 heteroatoms. The second-order valence-corrected chi connectivity index (χ2v) is 6.60. The van der Waals surface area contributed by atoms with Gasteiger partial charge in [0.25, 0.3) is 5.91 Å². The fourth-order valence-electron chi connectivity index (χ4n) is 2.59. The van der Waals surface area contributed by atoms with Crippen molar-refractivity contribution in [1.29, 1.82) is 0 Å². The van der Waals surface area contributed by atoms with Crippen molar-refractivity contribution in [2.24, 2.45) is 0 Å². The van der Waals surface area contributed by atoms with E-state index in [4.69, 9.17) is 9.47 Å². The van der Waals surface area contributed by atoms with Crippen molar-refractivity contribution in [3.05, 3.63) is 58.7 Å². The Morgan fingerprint density at radius 2 is 1.81 bits per heavy atom. The molecular formula is C22H29NO3. The summed E-state index contributed by atoms with van der Waals surface area (Å²) < 4.78 is 11.6. The van der Waals surface area contributed by atoms with E-state index in [1.165, 1.54) is 11.1 Å². The molecule has 140 valence electrons. The van der Waals surface area contributed by atoms with Gasteiger partial charge in [0.2, 0.25) is 0 Å². The molecule has 2 aromatic carbocycles. The highest BCUT2D eigenvalue weighted by atomic mass is 16.5. The van der Waals surface area contributed by atoms with Gasteiger partial charge in [-0.1, -0.05) is 25.1 Å². The van der Waals surface area contributed by atoms with Crippen molar-refractivity contribution in [3.63, 3.8) is 0 Å². The van der Waals surface area contributed by atoms with Crippen molar-refractivity contribution in [2.45, 2.75) is 47.1 Å². The van der Waals surface area contributed by atoms with Crippen LogP contribution in [0.25, 0.3) is 0 Å². The first-order valence-electron chi connectivity index (χ1n) is 9.13. The second kappa shape index (κ2) is 9.27. The van der Waals surface area contributed by atoms with Gasteiger partial charge in [-0.15, -0.1) is 0 Å². The van der Waals surface area contributed by atoms with Gasteiger partial charge in [-0.05, 0) is 74.6 Å². The maximum absolute atomic E-state index is 12.4. The fraction of sp³-hybridized carbons (Fsp3) is 0.409. The topological polar surface area (TPSA) is 47.6 Å². The van der Waals surface area contributed by atoms with E-state index in [-0.39, 0.29) is 5.91 Å². The number of rotatable bonds is 8. The lowest BCUT2D eigenvalue weighted by Crippen LogP contribution is -2.39. The highest BCUT2D eigenvalue weighted by Gasteiger charge is 2.19. The van der Waals surface area contributed by atoms with Gasteiger partial charge in [0, 0.05) is 0 Å². The molecule has 0 aliphatic carbocycles. The maximum Gasteiger partial charge on any atom is 0.261 e. The lowest BCUT2D eigenvalue weighted by Gasteiger charge is -2.19. The zero-order valence-electron chi connectivity index (χ0n) is 16.4. The summed E-state index contributed by atoms with van der Waals surface area (Å²) in [4.78, 5) is 12.4. The van der Waals surface area contributed by atoms with Crippen LogP contribution in [-0.4, -0.2) is 25.2 Å². The minimum Gasteiger partial charge on any atom is -0.492 e. The summed E-state index contributed by atoms with van der Waals surface area (Å²) in [7, 11) is 0. The Bertz CT molecular complexity index is 755. The third-order valence-electron chi connectivity index (χ3n) is 4.64. The second-order valence-electron chi connectivity index (χ2n) is 6.60. The standard InChI is InChI=1S/C22H29NO3/c1-6-20(26-21-9-7-8-16(3)18(21)5)22(24)23-12-13-25-19-11-10-15(2)17(4)14-19/h7-11,14,20H,6,12-13H2,1-5H3,(H,23,24)/t20-/m0/s1. The van der Waals surface area contributed by atoms with E-state index in [0.29, 0.717) is 19.6 Å². The molecule has 1 amide bonds. The molecule has 0 fully saturated rings. The summed E-state index contributed by atoms with van der Waals surface area (Å²) in [6.07, 6.45) is 0.106. The van der Waals surface area contributed by atoms with Crippen molar-refractivity contribution < 1.29 is 14.3 Å². The Balaban J connectivity index is 1.83. The number of ether oxygens (including phenoxy) is 2. The zero-order chi connectivity index (χ0) is 19.1. The van der Waals surface area contributed by atoms with Crippen LogP contribution in [0.1, 0.15) is 35.6 Å². The number of aryl methyl sites for hydroxylation is 3. The maximum atomic E-state index is 12.4. The van der Waals surface area contributed by atoms with Crippen LogP contribution in [0.2, 0.25) is 0 Å². The minimum atomic E-state index is -0.503. The van der Waals surface area contributed by atoms with Crippen LogP contribution in [-0.2, 0) is 4.79 Å². The molecular weight excluding hydrogens is 326 g/mol. The molecule has 2 rings (SSSR count). The average molecular weight is 355 g/mol. The number of hydrogen-bond donors (Lipinski definition) is 1.